The molecule has 2 heterocycles. The molecular weight excluding hydrogens is 164 g/mol. The maximum atomic E-state index is 4.31. The highest BCUT2D eigenvalue weighted by Crippen LogP contribution is 2.20. The Labute approximate surface area is 76.6 Å². The third-order valence-electron chi connectivity index (χ3n) is 1.96. The van der Waals surface area contributed by atoms with Crippen LogP contribution in [-0.4, -0.2) is 19.8 Å². The van der Waals surface area contributed by atoms with Crippen LogP contribution in [0, 0.1) is 0 Å². The summed E-state index contributed by atoms with van der Waals surface area (Å²) in [6.07, 6.45) is 3.43. The van der Waals surface area contributed by atoms with Crippen LogP contribution >= 0.6 is 0 Å². The standard InChI is InChI=1S/C9H12N4/c1-9(2,3)8-4-7-5-11-12-13(7)6-10-8/h4-6H,1-3H3. The van der Waals surface area contributed by atoms with E-state index in [-0.39, 0.29) is 5.41 Å². The SMILES string of the molecule is CC(C)(C)c1cc2cnnn2cn1. The lowest BCUT2D eigenvalue weighted by molar-refractivity contribution is 0.565. The average Bonchev–Trinajstić information content (AvgIpc) is 2.47. The van der Waals surface area contributed by atoms with Gasteiger partial charge in [0.25, 0.3) is 0 Å². The summed E-state index contributed by atoms with van der Waals surface area (Å²) in [5.74, 6) is 0. The van der Waals surface area contributed by atoms with Gasteiger partial charge in [0, 0.05) is 11.1 Å². The van der Waals surface area contributed by atoms with Gasteiger partial charge in [0.05, 0.1) is 11.7 Å². The van der Waals surface area contributed by atoms with Gasteiger partial charge in [-0.15, -0.1) is 5.10 Å². The summed E-state index contributed by atoms with van der Waals surface area (Å²) >= 11 is 0. The predicted octanol–water partition coefficient (Wildman–Crippen LogP) is 1.42. The summed E-state index contributed by atoms with van der Waals surface area (Å²) in [6, 6.07) is 2.01. The maximum absolute atomic E-state index is 4.31. The largest absolute Gasteiger partial charge is 0.241 e. The van der Waals surface area contributed by atoms with E-state index in [1.165, 1.54) is 0 Å². The van der Waals surface area contributed by atoms with Crippen molar-refractivity contribution < 1.29 is 0 Å². The van der Waals surface area contributed by atoms with E-state index in [4.69, 9.17) is 0 Å². The Bertz CT molecular complexity index is 424. The number of fused-ring (bicyclic) bond motifs is 1. The molecule has 2 aromatic rings. The van der Waals surface area contributed by atoms with Crippen LogP contribution in [-0.2, 0) is 5.41 Å². The van der Waals surface area contributed by atoms with Gasteiger partial charge >= 0.3 is 0 Å². The topological polar surface area (TPSA) is 43.1 Å². The van der Waals surface area contributed by atoms with E-state index >= 15 is 0 Å². The van der Waals surface area contributed by atoms with Crippen molar-refractivity contribution in [3.8, 4) is 0 Å². The van der Waals surface area contributed by atoms with Crippen LogP contribution in [0.1, 0.15) is 26.5 Å². The molecule has 0 radical (unpaired) electrons. The Morgan fingerprint density at radius 2 is 2.08 bits per heavy atom. The average molecular weight is 176 g/mol. The second-order valence-corrected chi connectivity index (χ2v) is 4.13. The fraction of sp³-hybridized carbons (Fsp3) is 0.444. The summed E-state index contributed by atoms with van der Waals surface area (Å²) < 4.78 is 1.66. The quantitative estimate of drug-likeness (QED) is 0.609. The first-order valence-corrected chi connectivity index (χ1v) is 4.24. The summed E-state index contributed by atoms with van der Waals surface area (Å²) in [4.78, 5) is 4.31. The maximum Gasteiger partial charge on any atom is 0.119 e. The molecule has 68 valence electrons. The third-order valence-corrected chi connectivity index (χ3v) is 1.96. The Balaban J connectivity index is 2.61. The molecule has 4 heteroatoms. The molecule has 2 aromatic heterocycles. The molecule has 0 saturated carbocycles. The summed E-state index contributed by atoms with van der Waals surface area (Å²) in [5, 5.41) is 7.64. The molecule has 0 saturated heterocycles. The Morgan fingerprint density at radius 1 is 1.31 bits per heavy atom. The van der Waals surface area contributed by atoms with Crippen LogP contribution in [0.25, 0.3) is 5.52 Å². The number of rotatable bonds is 0. The molecule has 0 spiro atoms. The van der Waals surface area contributed by atoms with Gasteiger partial charge in [-0.05, 0) is 6.07 Å². The highest BCUT2D eigenvalue weighted by atomic mass is 15.4. The minimum Gasteiger partial charge on any atom is -0.241 e. The number of nitrogens with zero attached hydrogens (tertiary/aromatic N) is 4. The minimum atomic E-state index is 0.0754. The van der Waals surface area contributed by atoms with E-state index in [0.29, 0.717) is 0 Å². The first-order valence-electron chi connectivity index (χ1n) is 4.24. The second kappa shape index (κ2) is 2.52. The first kappa shape index (κ1) is 8.16. The van der Waals surface area contributed by atoms with Gasteiger partial charge in [-0.25, -0.2) is 9.50 Å². The summed E-state index contributed by atoms with van der Waals surface area (Å²) in [5.41, 5.74) is 2.12. The first-order chi connectivity index (χ1) is 6.07. The van der Waals surface area contributed by atoms with Crippen molar-refractivity contribution >= 4 is 5.52 Å². The lowest BCUT2D eigenvalue weighted by atomic mass is 9.92. The van der Waals surface area contributed by atoms with E-state index in [2.05, 4.69) is 36.1 Å². The van der Waals surface area contributed by atoms with Crippen molar-refractivity contribution in [2.24, 2.45) is 0 Å². The highest BCUT2D eigenvalue weighted by molar-refractivity contribution is 5.44. The van der Waals surface area contributed by atoms with Crippen molar-refractivity contribution in [1.29, 1.82) is 0 Å². The second-order valence-electron chi connectivity index (χ2n) is 4.13. The molecule has 13 heavy (non-hydrogen) atoms. The van der Waals surface area contributed by atoms with Gasteiger partial charge in [0.15, 0.2) is 0 Å². The zero-order chi connectivity index (χ0) is 9.47. The van der Waals surface area contributed by atoms with Crippen LogP contribution in [0.4, 0.5) is 0 Å². The van der Waals surface area contributed by atoms with Crippen LogP contribution in [0.15, 0.2) is 18.6 Å². The summed E-state index contributed by atoms with van der Waals surface area (Å²) in [6.45, 7) is 6.40. The Kier molecular flexibility index (Phi) is 1.58. The van der Waals surface area contributed by atoms with Crippen LogP contribution in [0.2, 0.25) is 0 Å². The molecular formula is C9H12N4. The fourth-order valence-electron chi connectivity index (χ4n) is 1.15. The zero-order valence-electron chi connectivity index (χ0n) is 8.02. The van der Waals surface area contributed by atoms with Gasteiger partial charge in [0.1, 0.15) is 6.33 Å². The number of hydrogen-bond acceptors (Lipinski definition) is 3. The molecule has 2 rings (SSSR count). The minimum absolute atomic E-state index is 0.0754. The van der Waals surface area contributed by atoms with Crippen LogP contribution in [0.5, 0.6) is 0 Å². The monoisotopic (exact) mass is 176 g/mol. The van der Waals surface area contributed by atoms with Gasteiger partial charge < -0.3 is 0 Å². The van der Waals surface area contributed by atoms with Crippen molar-refractivity contribution in [1.82, 2.24) is 19.8 Å². The Morgan fingerprint density at radius 3 is 2.77 bits per heavy atom. The zero-order valence-corrected chi connectivity index (χ0v) is 8.02. The van der Waals surface area contributed by atoms with Crippen molar-refractivity contribution in [3.05, 3.63) is 24.3 Å². The number of hydrogen-bond donors (Lipinski definition) is 0. The smallest absolute Gasteiger partial charge is 0.119 e. The van der Waals surface area contributed by atoms with E-state index in [1.807, 2.05) is 6.07 Å². The van der Waals surface area contributed by atoms with Gasteiger partial charge in [-0.2, -0.15) is 0 Å². The molecule has 0 aromatic carbocycles. The lowest BCUT2D eigenvalue weighted by Gasteiger charge is -2.16. The van der Waals surface area contributed by atoms with E-state index in [1.54, 1.807) is 17.0 Å². The van der Waals surface area contributed by atoms with Crippen molar-refractivity contribution in [3.63, 3.8) is 0 Å². The van der Waals surface area contributed by atoms with E-state index in [0.717, 1.165) is 11.2 Å². The van der Waals surface area contributed by atoms with E-state index < -0.39 is 0 Å². The molecule has 0 atom stereocenters. The van der Waals surface area contributed by atoms with Crippen LogP contribution in [0.3, 0.4) is 0 Å². The molecule has 0 N–H and O–H groups in total. The van der Waals surface area contributed by atoms with E-state index in [9.17, 15) is 0 Å². The fourth-order valence-corrected chi connectivity index (χ4v) is 1.15. The van der Waals surface area contributed by atoms with Gasteiger partial charge in [-0.3, -0.25) is 0 Å². The van der Waals surface area contributed by atoms with Crippen molar-refractivity contribution in [2.45, 2.75) is 26.2 Å². The molecule has 0 bridgehead atoms. The van der Waals surface area contributed by atoms with Gasteiger partial charge in [0.2, 0.25) is 0 Å². The molecule has 0 amide bonds. The van der Waals surface area contributed by atoms with Gasteiger partial charge in [-0.1, -0.05) is 26.0 Å². The molecule has 0 aliphatic heterocycles. The highest BCUT2D eigenvalue weighted by Gasteiger charge is 2.15. The number of aromatic nitrogens is 4. The molecule has 0 aliphatic carbocycles. The van der Waals surface area contributed by atoms with Crippen LogP contribution < -0.4 is 0 Å². The molecule has 4 nitrogen and oxygen atoms in total. The summed E-state index contributed by atoms with van der Waals surface area (Å²) in [7, 11) is 0. The molecule has 0 fully saturated rings. The normalized spacial score (nSPS) is 12.2. The molecule has 0 unspecified atom stereocenters. The lowest BCUT2D eigenvalue weighted by Crippen LogP contribution is -2.13. The predicted molar refractivity (Wildman–Crippen MR) is 49.5 cm³/mol. The third kappa shape index (κ3) is 1.39. The molecule has 0 aliphatic rings. The van der Waals surface area contributed by atoms with Crippen molar-refractivity contribution in [2.75, 3.05) is 0 Å². The Hall–Kier alpha value is -1.45.